The van der Waals surface area contributed by atoms with E-state index in [1.165, 1.54) is 11.1 Å². The average Bonchev–Trinajstić information content (AvgIpc) is 3.51. The van der Waals surface area contributed by atoms with Crippen LogP contribution >= 0.6 is 0 Å². The minimum atomic E-state index is -5.04. The maximum absolute atomic E-state index is 13.0. The fourth-order valence-corrected chi connectivity index (χ4v) is 3.74. The molecule has 0 aliphatic heterocycles. The smallest absolute Gasteiger partial charge is 0.458 e. The molecular weight excluding hydrogens is 463 g/mol. The summed E-state index contributed by atoms with van der Waals surface area (Å²) in [6.45, 7) is 3.61. The molecule has 11 heteroatoms. The minimum Gasteiger partial charge on any atom is -0.458 e. The van der Waals surface area contributed by atoms with Gasteiger partial charge in [-0.1, -0.05) is 0 Å². The van der Waals surface area contributed by atoms with Crippen LogP contribution in [-0.4, -0.2) is 63.1 Å². The van der Waals surface area contributed by atoms with Crippen LogP contribution in [0.15, 0.2) is 36.8 Å². The van der Waals surface area contributed by atoms with E-state index in [0.29, 0.717) is 35.5 Å². The van der Waals surface area contributed by atoms with E-state index in [9.17, 15) is 22.8 Å². The number of carbonyl (C=O) groups excluding carboxylic acids is 2. The van der Waals surface area contributed by atoms with E-state index in [-0.39, 0.29) is 19.1 Å². The second kappa shape index (κ2) is 9.12. The molecule has 35 heavy (non-hydrogen) atoms. The van der Waals surface area contributed by atoms with Crippen LogP contribution in [0, 0.1) is 19.3 Å². The number of hydrogen-bond acceptors (Lipinski definition) is 6. The standard InChI is InChI=1S/C24H24F3N5O3/c1-14-15(2)31-20(30-14)19-9-16(4-7-29-19)17-8-18(11-28-10-17)21(33)32(3)12-23(5-6-23)13-35-22(34)24(25,26)27/h4,7-11H,5-6,12-13H2,1-3H3,(H,30,31). The van der Waals surface area contributed by atoms with Gasteiger partial charge < -0.3 is 14.6 Å². The quantitative estimate of drug-likeness (QED) is 0.504. The number of aromatic amines is 1. The Morgan fingerprint density at radius 3 is 2.54 bits per heavy atom. The van der Waals surface area contributed by atoms with E-state index in [2.05, 4.69) is 24.7 Å². The van der Waals surface area contributed by atoms with Crippen molar-refractivity contribution in [2.45, 2.75) is 32.9 Å². The Hall–Kier alpha value is -3.76. The summed E-state index contributed by atoms with van der Waals surface area (Å²) in [6.07, 6.45) is 0.822. The second-order valence-electron chi connectivity index (χ2n) is 8.92. The van der Waals surface area contributed by atoms with Gasteiger partial charge in [0.25, 0.3) is 5.91 Å². The number of nitrogens with one attached hydrogen (secondary N) is 1. The van der Waals surface area contributed by atoms with E-state index in [1.54, 1.807) is 31.6 Å². The van der Waals surface area contributed by atoms with Crippen molar-refractivity contribution in [3.05, 3.63) is 53.7 Å². The number of aromatic nitrogens is 4. The van der Waals surface area contributed by atoms with Crippen LogP contribution in [0.5, 0.6) is 0 Å². The summed E-state index contributed by atoms with van der Waals surface area (Å²) in [5.41, 5.74) is 3.65. The highest BCUT2D eigenvalue weighted by atomic mass is 19.4. The van der Waals surface area contributed by atoms with Crippen molar-refractivity contribution in [1.82, 2.24) is 24.8 Å². The lowest BCUT2D eigenvalue weighted by Crippen LogP contribution is -2.36. The second-order valence-corrected chi connectivity index (χ2v) is 8.92. The third-order valence-corrected chi connectivity index (χ3v) is 6.07. The number of hydrogen-bond donors (Lipinski definition) is 1. The molecule has 3 aromatic heterocycles. The number of alkyl halides is 3. The van der Waals surface area contributed by atoms with Crippen molar-refractivity contribution in [3.63, 3.8) is 0 Å². The zero-order valence-corrected chi connectivity index (χ0v) is 19.4. The van der Waals surface area contributed by atoms with Gasteiger partial charge in [-0.3, -0.25) is 14.8 Å². The summed E-state index contributed by atoms with van der Waals surface area (Å²) in [5.74, 6) is -1.91. The molecular formula is C24H24F3N5O3. The Bertz CT molecular complexity index is 1250. The SMILES string of the molecule is Cc1nc(-c2cc(-c3cncc(C(=O)N(C)CC4(COC(=O)C(F)(F)F)CC4)c3)ccn2)[nH]c1C. The van der Waals surface area contributed by atoms with Crippen LogP contribution in [0.25, 0.3) is 22.6 Å². The van der Waals surface area contributed by atoms with Crippen molar-refractivity contribution in [1.29, 1.82) is 0 Å². The monoisotopic (exact) mass is 487 g/mol. The van der Waals surface area contributed by atoms with Crippen molar-refractivity contribution in [2.75, 3.05) is 20.2 Å². The number of H-pyrrole nitrogens is 1. The third kappa shape index (κ3) is 5.50. The molecule has 1 aliphatic rings. The zero-order valence-electron chi connectivity index (χ0n) is 19.4. The normalized spacial score (nSPS) is 14.5. The summed E-state index contributed by atoms with van der Waals surface area (Å²) < 4.78 is 41.7. The van der Waals surface area contributed by atoms with Gasteiger partial charge in [-0.2, -0.15) is 13.2 Å². The molecule has 3 aromatic rings. The summed E-state index contributed by atoms with van der Waals surface area (Å²) in [7, 11) is 1.56. The van der Waals surface area contributed by atoms with E-state index >= 15 is 0 Å². The first-order valence-corrected chi connectivity index (χ1v) is 10.9. The maximum Gasteiger partial charge on any atom is 0.490 e. The maximum atomic E-state index is 13.0. The third-order valence-electron chi connectivity index (χ3n) is 6.07. The highest BCUT2D eigenvalue weighted by molar-refractivity contribution is 5.95. The van der Waals surface area contributed by atoms with Crippen LogP contribution in [0.4, 0.5) is 13.2 Å². The van der Waals surface area contributed by atoms with Crippen molar-refractivity contribution < 1.29 is 27.5 Å². The van der Waals surface area contributed by atoms with Crippen LogP contribution < -0.4 is 0 Å². The number of ether oxygens (including phenoxy) is 1. The highest BCUT2D eigenvalue weighted by Gasteiger charge is 2.48. The van der Waals surface area contributed by atoms with Gasteiger partial charge in [-0.05, 0) is 50.5 Å². The Labute approximate surface area is 199 Å². The lowest BCUT2D eigenvalue weighted by atomic mass is 10.0. The molecule has 0 aromatic carbocycles. The summed E-state index contributed by atoms with van der Waals surface area (Å²) in [4.78, 5) is 41.7. The summed E-state index contributed by atoms with van der Waals surface area (Å²) in [5, 5.41) is 0. The molecule has 1 amide bonds. The molecule has 1 fully saturated rings. The van der Waals surface area contributed by atoms with Gasteiger partial charge in [0, 0.05) is 48.9 Å². The largest absolute Gasteiger partial charge is 0.490 e. The number of rotatable bonds is 7. The molecule has 0 unspecified atom stereocenters. The summed E-state index contributed by atoms with van der Waals surface area (Å²) >= 11 is 0. The zero-order chi connectivity index (χ0) is 25.4. The molecule has 8 nitrogen and oxygen atoms in total. The molecule has 3 heterocycles. The van der Waals surface area contributed by atoms with Crippen LogP contribution in [0.3, 0.4) is 0 Å². The Morgan fingerprint density at radius 2 is 1.91 bits per heavy atom. The summed E-state index contributed by atoms with van der Waals surface area (Å²) in [6, 6.07) is 5.35. The predicted molar refractivity (Wildman–Crippen MR) is 120 cm³/mol. The number of pyridine rings is 2. The number of esters is 1. The van der Waals surface area contributed by atoms with Gasteiger partial charge >= 0.3 is 12.1 Å². The van der Waals surface area contributed by atoms with E-state index in [0.717, 1.165) is 17.0 Å². The molecule has 1 N–H and O–H groups in total. The molecule has 0 spiro atoms. The molecule has 184 valence electrons. The van der Waals surface area contributed by atoms with Crippen LogP contribution in [-0.2, 0) is 9.53 Å². The molecule has 1 aliphatic carbocycles. The van der Waals surface area contributed by atoms with Crippen LogP contribution in [0.1, 0.15) is 34.6 Å². The van der Waals surface area contributed by atoms with E-state index in [1.807, 2.05) is 19.9 Å². The molecule has 0 saturated heterocycles. The van der Waals surface area contributed by atoms with Gasteiger partial charge in [-0.15, -0.1) is 0 Å². The fourth-order valence-electron chi connectivity index (χ4n) is 3.74. The van der Waals surface area contributed by atoms with E-state index in [4.69, 9.17) is 0 Å². The number of halogens is 3. The molecule has 0 bridgehead atoms. The van der Waals surface area contributed by atoms with Crippen molar-refractivity contribution in [3.8, 4) is 22.6 Å². The first-order valence-electron chi connectivity index (χ1n) is 10.9. The van der Waals surface area contributed by atoms with Gasteiger partial charge in [0.05, 0.1) is 17.9 Å². The predicted octanol–water partition coefficient (Wildman–Crippen LogP) is 4.11. The molecule has 0 atom stereocenters. The van der Waals surface area contributed by atoms with Gasteiger partial charge in [0.2, 0.25) is 0 Å². The Kier molecular flexibility index (Phi) is 6.35. The fraction of sp³-hybridized carbons (Fsp3) is 0.375. The number of nitrogens with zero attached hydrogens (tertiary/aromatic N) is 4. The number of carbonyl (C=O) groups is 2. The minimum absolute atomic E-state index is 0.164. The Balaban J connectivity index is 1.47. The molecule has 4 rings (SSSR count). The molecule has 1 saturated carbocycles. The van der Waals surface area contributed by atoms with Crippen molar-refractivity contribution in [2.24, 2.45) is 5.41 Å². The first kappa shape index (κ1) is 24.4. The average molecular weight is 487 g/mol. The number of aryl methyl sites for hydroxylation is 2. The lowest BCUT2D eigenvalue weighted by Gasteiger charge is -2.24. The van der Waals surface area contributed by atoms with Crippen LogP contribution in [0.2, 0.25) is 0 Å². The van der Waals surface area contributed by atoms with Gasteiger partial charge in [0.15, 0.2) is 5.82 Å². The van der Waals surface area contributed by atoms with E-state index < -0.39 is 17.6 Å². The van der Waals surface area contributed by atoms with Crippen molar-refractivity contribution >= 4 is 11.9 Å². The van der Waals surface area contributed by atoms with Gasteiger partial charge in [0.1, 0.15) is 5.69 Å². The first-order chi connectivity index (χ1) is 16.5. The molecule has 0 radical (unpaired) electrons. The highest BCUT2D eigenvalue weighted by Crippen LogP contribution is 2.46. The number of imidazole rings is 1. The topological polar surface area (TPSA) is 101 Å². The van der Waals surface area contributed by atoms with Gasteiger partial charge in [-0.25, -0.2) is 9.78 Å². The lowest BCUT2D eigenvalue weighted by molar-refractivity contribution is -0.201. The number of amides is 1. The Morgan fingerprint density at radius 1 is 1.17 bits per heavy atom.